The smallest absolute Gasteiger partial charge is 0.267 e. The highest BCUT2D eigenvalue weighted by Crippen LogP contribution is 2.45. The van der Waals surface area contributed by atoms with E-state index in [4.69, 9.17) is 23.8 Å². The fourth-order valence-corrected chi connectivity index (χ4v) is 5.64. The molecule has 2 aliphatic heterocycles. The van der Waals surface area contributed by atoms with E-state index in [1.54, 1.807) is 9.80 Å². The molecule has 2 aromatic rings. The number of carbonyl (C=O) groups is 2. The van der Waals surface area contributed by atoms with E-state index in [-0.39, 0.29) is 11.8 Å². The third kappa shape index (κ3) is 4.49. The second-order valence-electron chi connectivity index (χ2n) is 7.94. The Morgan fingerprint density at radius 1 is 0.906 bits per heavy atom. The highest BCUT2D eigenvalue weighted by atomic mass is 35.5. The van der Waals surface area contributed by atoms with Crippen LogP contribution in [0.1, 0.15) is 50.2 Å². The zero-order valence-electron chi connectivity index (χ0n) is 18.0. The van der Waals surface area contributed by atoms with Crippen LogP contribution in [-0.4, -0.2) is 27.6 Å². The van der Waals surface area contributed by atoms with Crippen molar-refractivity contribution in [1.82, 2.24) is 4.90 Å². The SMILES string of the molecule is CCCCCCCN1C(=O)/C(=C2/C(=O)N(Cc3ccccc3Cl)c3ccccc32)SC1=S. The summed E-state index contributed by atoms with van der Waals surface area (Å²) < 4.78 is 0.530. The molecule has 2 heterocycles. The van der Waals surface area contributed by atoms with Crippen LogP contribution in [0.15, 0.2) is 53.4 Å². The maximum atomic E-state index is 13.6. The lowest BCUT2D eigenvalue weighted by Gasteiger charge is -2.18. The minimum Gasteiger partial charge on any atom is -0.303 e. The van der Waals surface area contributed by atoms with E-state index in [0.717, 1.165) is 36.1 Å². The third-order valence-electron chi connectivity index (χ3n) is 5.77. The fraction of sp³-hybridized carbons (Fsp3) is 0.320. The van der Waals surface area contributed by atoms with E-state index >= 15 is 0 Å². The third-order valence-corrected chi connectivity index (χ3v) is 7.59. The molecule has 0 radical (unpaired) electrons. The number of fused-ring (bicyclic) bond motifs is 1. The van der Waals surface area contributed by atoms with Gasteiger partial charge in [0, 0.05) is 17.1 Å². The maximum Gasteiger partial charge on any atom is 0.267 e. The van der Waals surface area contributed by atoms with E-state index in [9.17, 15) is 9.59 Å². The normalized spacial score (nSPS) is 18.1. The van der Waals surface area contributed by atoms with Crippen LogP contribution in [0.5, 0.6) is 0 Å². The molecule has 1 saturated heterocycles. The van der Waals surface area contributed by atoms with Crippen LogP contribution in [0.25, 0.3) is 5.57 Å². The molecule has 0 saturated carbocycles. The highest BCUT2D eigenvalue weighted by Gasteiger charge is 2.41. The molecule has 0 bridgehead atoms. The first-order valence-corrected chi connectivity index (χ1v) is 12.6. The molecule has 0 aromatic heterocycles. The summed E-state index contributed by atoms with van der Waals surface area (Å²) in [5.41, 5.74) is 2.86. The van der Waals surface area contributed by atoms with Crippen LogP contribution in [0.2, 0.25) is 5.02 Å². The van der Waals surface area contributed by atoms with Gasteiger partial charge in [-0.2, -0.15) is 0 Å². The van der Waals surface area contributed by atoms with Gasteiger partial charge in [0.15, 0.2) is 0 Å². The number of unbranched alkanes of at least 4 members (excludes halogenated alkanes) is 4. The number of benzene rings is 2. The highest BCUT2D eigenvalue weighted by molar-refractivity contribution is 8.26. The lowest BCUT2D eigenvalue weighted by atomic mass is 10.1. The maximum absolute atomic E-state index is 13.6. The van der Waals surface area contributed by atoms with Gasteiger partial charge in [-0.25, -0.2) is 0 Å². The van der Waals surface area contributed by atoms with Crippen molar-refractivity contribution in [1.29, 1.82) is 0 Å². The van der Waals surface area contributed by atoms with E-state index in [0.29, 0.717) is 32.9 Å². The summed E-state index contributed by atoms with van der Waals surface area (Å²) in [6.45, 7) is 3.13. The molecule has 4 nitrogen and oxygen atoms in total. The second kappa shape index (κ2) is 10.2. The molecular weight excluding hydrogens is 460 g/mol. The number of nitrogens with zero attached hydrogens (tertiary/aromatic N) is 2. The molecule has 2 amide bonds. The Morgan fingerprint density at radius 2 is 1.62 bits per heavy atom. The molecule has 0 unspecified atom stereocenters. The largest absolute Gasteiger partial charge is 0.303 e. The van der Waals surface area contributed by atoms with Crippen molar-refractivity contribution in [3.05, 3.63) is 69.6 Å². The topological polar surface area (TPSA) is 40.6 Å². The number of amides is 2. The quantitative estimate of drug-likeness (QED) is 0.246. The molecule has 4 rings (SSSR count). The lowest BCUT2D eigenvalue weighted by molar-refractivity contribution is -0.122. The van der Waals surface area contributed by atoms with Crippen LogP contribution < -0.4 is 4.90 Å². The van der Waals surface area contributed by atoms with Crippen molar-refractivity contribution in [2.45, 2.75) is 45.6 Å². The van der Waals surface area contributed by atoms with E-state index in [1.807, 2.05) is 48.5 Å². The minimum absolute atomic E-state index is 0.159. The van der Waals surface area contributed by atoms with Crippen LogP contribution in [0.4, 0.5) is 5.69 Å². The first-order valence-electron chi connectivity index (χ1n) is 11.0. The predicted octanol–water partition coefficient (Wildman–Crippen LogP) is 6.43. The zero-order valence-corrected chi connectivity index (χ0v) is 20.4. The molecule has 0 aliphatic carbocycles. The van der Waals surface area contributed by atoms with Crippen molar-refractivity contribution in [3.8, 4) is 0 Å². The minimum atomic E-state index is -0.186. The Balaban J connectivity index is 1.62. The molecule has 2 aromatic carbocycles. The number of halogens is 1. The van der Waals surface area contributed by atoms with Gasteiger partial charge in [-0.15, -0.1) is 0 Å². The molecule has 1 fully saturated rings. The summed E-state index contributed by atoms with van der Waals surface area (Å²) in [6, 6.07) is 15.1. The van der Waals surface area contributed by atoms with E-state index in [2.05, 4.69) is 6.92 Å². The number of rotatable bonds is 8. The van der Waals surface area contributed by atoms with Crippen LogP contribution >= 0.6 is 35.6 Å². The van der Waals surface area contributed by atoms with Gasteiger partial charge in [0.05, 0.1) is 22.7 Å². The van der Waals surface area contributed by atoms with Gasteiger partial charge < -0.3 is 4.90 Å². The molecule has 7 heteroatoms. The average molecular weight is 485 g/mol. The Kier molecular flexibility index (Phi) is 7.33. The Hall–Kier alpha value is -2.15. The summed E-state index contributed by atoms with van der Waals surface area (Å²) in [6.07, 6.45) is 5.53. The van der Waals surface area contributed by atoms with Gasteiger partial charge in [0.25, 0.3) is 11.8 Å². The first-order chi connectivity index (χ1) is 15.5. The van der Waals surface area contributed by atoms with Crippen LogP contribution in [-0.2, 0) is 16.1 Å². The molecule has 0 spiro atoms. The van der Waals surface area contributed by atoms with E-state index < -0.39 is 0 Å². The van der Waals surface area contributed by atoms with Gasteiger partial charge in [0.1, 0.15) is 4.32 Å². The summed E-state index contributed by atoms with van der Waals surface area (Å²) in [5.74, 6) is -0.345. The Bertz CT molecular complexity index is 1100. The average Bonchev–Trinajstić information content (AvgIpc) is 3.22. The fourth-order valence-electron chi connectivity index (χ4n) is 4.07. The zero-order chi connectivity index (χ0) is 22.7. The van der Waals surface area contributed by atoms with Gasteiger partial charge in [0.2, 0.25) is 0 Å². The van der Waals surface area contributed by atoms with E-state index in [1.165, 1.54) is 24.6 Å². The predicted molar refractivity (Wildman–Crippen MR) is 137 cm³/mol. The van der Waals surface area contributed by atoms with Gasteiger partial charge in [-0.05, 0) is 24.1 Å². The van der Waals surface area contributed by atoms with Gasteiger partial charge in [-0.1, -0.05) is 105 Å². The Morgan fingerprint density at radius 3 is 2.41 bits per heavy atom. The number of thioether (sulfide) groups is 1. The molecule has 32 heavy (non-hydrogen) atoms. The number of para-hydroxylation sites is 1. The van der Waals surface area contributed by atoms with Crippen molar-refractivity contribution in [3.63, 3.8) is 0 Å². The van der Waals surface area contributed by atoms with Crippen molar-refractivity contribution in [2.75, 3.05) is 11.4 Å². The summed E-state index contributed by atoms with van der Waals surface area (Å²) in [4.78, 5) is 30.6. The number of thiocarbonyl (C=S) groups is 1. The summed E-state index contributed by atoms with van der Waals surface area (Å²) in [5, 5.41) is 0.612. The monoisotopic (exact) mass is 484 g/mol. The molecular formula is C25H25ClN2O2S2. The van der Waals surface area contributed by atoms with Crippen LogP contribution in [0.3, 0.4) is 0 Å². The van der Waals surface area contributed by atoms with Gasteiger partial charge >= 0.3 is 0 Å². The second-order valence-corrected chi connectivity index (χ2v) is 9.99. The molecule has 0 atom stereocenters. The molecule has 2 aliphatic rings. The first kappa shape index (κ1) is 23.0. The van der Waals surface area contributed by atoms with Crippen molar-refractivity contribution in [2.24, 2.45) is 0 Å². The standard InChI is InChI=1S/C25H25ClN2O2S2/c1-2-3-4-5-10-15-27-24(30)22(32-25(27)31)21-18-12-7-9-14-20(18)28(23(21)29)16-17-11-6-8-13-19(17)26/h6-9,11-14H,2-5,10,15-16H2,1H3/b22-21-. The molecule has 166 valence electrons. The van der Waals surface area contributed by atoms with Crippen molar-refractivity contribution >= 4 is 63.0 Å². The lowest BCUT2D eigenvalue weighted by Crippen LogP contribution is -2.30. The molecule has 0 N–H and O–H groups in total. The summed E-state index contributed by atoms with van der Waals surface area (Å²) in [7, 11) is 0. The summed E-state index contributed by atoms with van der Waals surface area (Å²) >= 11 is 13.1. The number of anilines is 1. The number of hydrogen-bond donors (Lipinski definition) is 0. The Labute approximate surface area is 203 Å². The number of hydrogen-bond acceptors (Lipinski definition) is 4. The number of carbonyl (C=O) groups excluding carboxylic acids is 2. The van der Waals surface area contributed by atoms with Gasteiger partial charge in [-0.3, -0.25) is 14.5 Å². The van der Waals surface area contributed by atoms with Crippen molar-refractivity contribution < 1.29 is 9.59 Å². The van der Waals surface area contributed by atoms with Crippen LogP contribution in [0, 0.1) is 0 Å².